The first-order valence-corrected chi connectivity index (χ1v) is 7.10. The first-order chi connectivity index (χ1) is 8.95. The van der Waals surface area contributed by atoms with Gasteiger partial charge in [-0.05, 0) is 36.0 Å². The van der Waals surface area contributed by atoms with Crippen molar-refractivity contribution >= 4 is 0 Å². The predicted octanol–water partition coefficient (Wildman–Crippen LogP) is 2.48. The number of hydrogen-bond acceptors (Lipinski definition) is 3. The van der Waals surface area contributed by atoms with Gasteiger partial charge in [-0.3, -0.25) is 0 Å². The highest BCUT2D eigenvalue weighted by Gasteiger charge is 2.21. The Morgan fingerprint density at radius 3 is 2.42 bits per heavy atom. The van der Waals surface area contributed by atoms with Crippen LogP contribution in [0.3, 0.4) is 0 Å². The summed E-state index contributed by atoms with van der Waals surface area (Å²) in [6.07, 6.45) is 2.03. The zero-order valence-corrected chi connectivity index (χ0v) is 12.1. The predicted molar refractivity (Wildman–Crippen MR) is 77.7 cm³/mol. The number of aliphatic hydroxyl groups is 1. The minimum atomic E-state index is -0.442. The zero-order chi connectivity index (χ0) is 13.9. The van der Waals surface area contributed by atoms with Crippen molar-refractivity contribution in [1.29, 1.82) is 0 Å². The molecule has 0 bridgehead atoms. The van der Waals surface area contributed by atoms with Crippen molar-refractivity contribution < 1.29 is 9.84 Å². The highest BCUT2D eigenvalue weighted by Crippen LogP contribution is 2.24. The summed E-state index contributed by atoms with van der Waals surface area (Å²) in [6.45, 7) is 7.53. The molecule has 1 unspecified atom stereocenters. The Bertz CT molecular complexity index is 390. The van der Waals surface area contributed by atoms with E-state index in [-0.39, 0.29) is 5.41 Å². The fourth-order valence-electron chi connectivity index (χ4n) is 1.89. The first-order valence-electron chi connectivity index (χ1n) is 7.10. The molecule has 1 aromatic rings. The lowest BCUT2D eigenvalue weighted by molar-refractivity contribution is 0.106. The summed E-state index contributed by atoms with van der Waals surface area (Å²) in [7, 11) is 0. The van der Waals surface area contributed by atoms with Crippen molar-refractivity contribution in [3.05, 3.63) is 29.8 Å². The highest BCUT2D eigenvalue weighted by molar-refractivity contribution is 5.31. The maximum absolute atomic E-state index is 9.78. The molecule has 1 atom stereocenters. The first kappa shape index (κ1) is 14.4. The Balaban J connectivity index is 1.75. The van der Waals surface area contributed by atoms with Gasteiger partial charge >= 0.3 is 0 Å². The molecule has 0 aliphatic heterocycles. The molecule has 0 saturated heterocycles. The van der Waals surface area contributed by atoms with Crippen LogP contribution in [-0.4, -0.2) is 30.4 Å². The van der Waals surface area contributed by atoms with Crippen LogP contribution in [0.15, 0.2) is 24.3 Å². The van der Waals surface area contributed by atoms with E-state index in [4.69, 9.17) is 4.74 Å². The molecule has 0 aromatic heterocycles. The van der Waals surface area contributed by atoms with Crippen molar-refractivity contribution in [3.63, 3.8) is 0 Å². The lowest BCUT2D eigenvalue weighted by Gasteiger charge is -2.19. The van der Waals surface area contributed by atoms with Crippen LogP contribution in [0, 0.1) is 0 Å². The Hall–Kier alpha value is -1.06. The number of hydrogen-bond donors (Lipinski definition) is 2. The number of aliphatic hydroxyl groups excluding tert-OH is 1. The third kappa shape index (κ3) is 4.84. The molecule has 1 aliphatic carbocycles. The van der Waals surface area contributed by atoms with Gasteiger partial charge in [0.25, 0.3) is 0 Å². The molecular weight excluding hydrogens is 238 g/mol. The average Bonchev–Trinajstić information content (AvgIpc) is 3.17. The molecule has 19 heavy (non-hydrogen) atoms. The molecule has 3 nitrogen and oxygen atoms in total. The molecule has 1 fully saturated rings. The van der Waals surface area contributed by atoms with E-state index >= 15 is 0 Å². The van der Waals surface area contributed by atoms with Crippen LogP contribution in [-0.2, 0) is 5.41 Å². The van der Waals surface area contributed by atoms with Crippen molar-refractivity contribution in [2.45, 2.75) is 51.2 Å². The summed E-state index contributed by atoms with van der Waals surface area (Å²) in [5.74, 6) is 0.818. The van der Waals surface area contributed by atoms with Crippen molar-refractivity contribution in [3.8, 4) is 5.75 Å². The molecule has 3 heteroatoms. The topological polar surface area (TPSA) is 41.5 Å². The largest absolute Gasteiger partial charge is 0.491 e. The standard InChI is InChI=1S/C16H25NO2/c1-16(2,3)12-4-8-15(9-5-12)19-11-14(18)10-17-13-6-7-13/h4-5,8-9,13-14,17-18H,6-7,10-11H2,1-3H3. The number of ether oxygens (including phenoxy) is 1. The summed E-state index contributed by atoms with van der Waals surface area (Å²) in [5.41, 5.74) is 1.45. The molecule has 0 spiro atoms. The van der Waals surface area contributed by atoms with Crippen LogP contribution in [0.5, 0.6) is 5.75 Å². The SMILES string of the molecule is CC(C)(C)c1ccc(OCC(O)CNC2CC2)cc1. The van der Waals surface area contributed by atoms with Crippen LogP contribution < -0.4 is 10.1 Å². The zero-order valence-electron chi connectivity index (χ0n) is 12.1. The van der Waals surface area contributed by atoms with Gasteiger partial charge in [0.2, 0.25) is 0 Å². The Labute approximate surface area is 116 Å². The maximum atomic E-state index is 9.78. The molecule has 2 N–H and O–H groups in total. The molecule has 1 aliphatic rings. The van der Waals surface area contributed by atoms with Crippen LogP contribution in [0.2, 0.25) is 0 Å². The van der Waals surface area contributed by atoms with Gasteiger partial charge in [0.15, 0.2) is 0 Å². The van der Waals surface area contributed by atoms with Crippen LogP contribution in [0.4, 0.5) is 0 Å². The van der Waals surface area contributed by atoms with Crippen molar-refractivity contribution in [1.82, 2.24) is 5.32 Å². The van der Waals surface area contributed by atoms with E-state index in [1.807, 2.05) is 12.1 Å². The minimum Gasteiger partial charge on any atom is -0.491 e. The summed E-state index contributed by atoms with van der Waals surface area (Å²) >= 11 is 0. The second-order valence-electron chi connectivity index (χ2n) is 6.42. The van der Waals surface area contributed by atoms with Gasteiger partial charge in [-0.1, -0.05) is 32.9 Å². The van der Waals surface area contributed by atoms with E-state index in [1.54, 1.807) is 0 Å². The van der Waals surface area contributed by atoms with Crippen molar-refractivity contribution in [2.24, 2.45) is 0 Å². The quantitative estimate of drug-likeness (QED) is 0.828. The van der Waals surface area contributed by atoms with Gasteiger partial charge in [0, 0.05) is 12.6 Å². The average molecular weight is 263 g/mol. The van der Waals surface area contributed by atoms with E-state index in [1.165, 1.54) is 18.4 Å². The summed E-state index contributed by atoms with van der Waals surface area (Å²) in [5, 5.41) is 13.1. The number of rotatable bonds is 6. The summed E-state index contributed by atoms with van der Waals surface area (Å²) in [6, 6.07) is 8.75. The second kappa shape index (κ2) is 5.93. The molecule has 106 valence electrons. The summed E-state index contributed by atoms with van der Waals surface area (Å²) in [4.78, 5) is 0. The molecule has 1 aromatic carbocycles. The third-order valence-corrected chi connectivity index (χ3v) is 3.38. The fourth-order valence-corrected chi connectivity index (χ4v) is 1.89. The van der Waals surface area contributed by atoms with Gasteiger partial charge < -0.3 is 15.2 Å². The van der Waals surface area contributed by atoms with Gasteiger partial charge in [0.1, 0.15) is 18.5 Å². The molecule has 1 saturated carbocycles. The van der Waals surface area contributed by atoms with Crippen molar-refractivity contribution in [2.75, 3.05) is 13.2 Å². The molecule has 0 radical (unpaired) electrons. The van der Waals surface area contributed by atoms with E-state index in [0.717, 1.165) is 5.75 Å². The monoisotopic (exact) mass is 263 g/mol. The van der Waals surface area contributed by atoms with Crippen LogP contribution in [0.1, 0.15) is 39.2 Å². The van der Waals surface area contributed by atoms with E-state index in [0.29, 0.717) is 19.2 Å². The summed E-state index contributed by atoms with van der Waals surface area (Å²) < 4.78 is 5.60. The smallest absolute Gasteiger partial charge is 0.119 e. The molecular formula is C16H25NO2. The van der Waals surface area contributed by atoms with Gasteiger partial charge in [-0.25, -0.2) is 0 Å². The van der Waals surface area contributed by atoms with E-state index in [9.17, 15) is 5.11 Å². The lowest BCUT2D eigenvalue weighted by atomic mass is 9.87. The molecule has 0 heterocycles. The Morgan fingerprint density at radius 2 is 1.89 bits per heavy atom. The van der Waals surface area contributed by atoms with Gasteiger partial charge in [-0.2, -0.15) is 0 Å². The number of benzene rings is 1. The Kier molecular flexibility index (Phi) is 4.48. The number of nitrogens with one attached hydrogen (secondary N) is 1. The van der Waals surface area contributed by atoms with Gasteiger partial charge in [0.05, 0.1) is 0 Å². The van der Waals surface area contributed by atoms with Crippen LogP contribution in [0.25, 0.3) is 0 Å². The van der Waals surface area contributed by atoms with Crippen LogP contribution >= 0.6 is 0 Å². The lowest BCUT2D eigenvalue weighted by Crippen LogP contribution is -2.32. The van der Waals surface area contributed by atoms with E-state index < -0.39 is 6.10 Å². The Morgan fingerprint density at radius 1 is 1.26 bits per heavy atom. The molecule has 2 rings (SSSR count). The van der Waals surface area contributed by atoms with E-state index in [2.05, 4.69) is 38.2 Å². The fraction of sp³-hybridized carbons (Fsp3) is 0.625. The second-order valence-corrected chi connectivity index (χ2v) is 6.42. The third-order valence-electron chi connectivity index (χ3n) is 3.38. The normalized spacial score (nSPS) is 17.3. The van der Waals surface area contributed by atoms with Gasteiger partial charge in [-0.15, -0.1) is 0 Å². The maximum Gasteiger partial charge on any atom is 0.119 e. The highest BCUT2D eigenvalue weighted by atomic mass is 16.5. The molecule has 0 amide bonds. The minimum absolute atomic E-state index is 0.159.